The quantitative estimate of drug-likeness (QED) is 0.749. The largest absolute Gasteiger partial charge is 0.418 e. The molecule has 0 amide bonds. The van der Waals surface area contributed by atoms with Gasteiger partial charge in [0.15, 0.2) is 0 Å². The minimum Gasteiger partial charge on any atom is -0.303 e. The second-order valence-corrected chi connectivity index (χ2v) is 4.46. The zero-order valence-electron chi connectivity index (χ0n) is 10.8. The topological polar surface area (TPSA) is 63.6 Å². The van der Waals surface area contributed by atoms with Crippen LogP contribution in [-0.4, -0.2) is 19.7 Å². The average Bonchev–Trinajstić information content (AvgIpc) is 2.82. The van der Waals surface area contributed by atoms with E-state index in [9.17, 15) is 18.0 Å². The molecule has 1 N–H and O–H groups in total. The highest BCUT2D eigenvalue weighted by molar-refractivity contribution is 5.93. The highest BCUT2D eigenvalue weighted by Crippen LogP contribution is 2.35. The van der Waals surface area contributed by atoms with Crippen molar-refractivity contribution in [3.63, 3.8) is 0 Å². The van der Waals surface area contributed by atoms with E-state index in [0.29, 0.717) is 5.69 Å². The second kappa shape index (κ2) is 4.44. The third-order valence-electron chi connectivity index (χ3n) is 3.13. The summed E-state index contributed by atoms with van der Waals surface area (Å²) in [6.45, 7) is 0. The molecule has 0 saturated heterocycles. The van der Waals surface area contributed by atoms with Crippen LogP contribution in [0.3, 0.4) is 0 Å². The fraction of sp³-hybridized carbons (Fsp3) is 0.154. The van der Waals surface area contributed by atoms with E-state index < -0.39 is 17.4 Å². The molecule has 0 atom stereocenters. The van der Waals surface area contributed by atoms with Crippen LogP contribution in [-0.2, 0) is 13.2 Å². The van der Waals surface area contributed by atoms with Gasteiger partial charge in [-0.3, -0.25) is 4.68 Å². The number of alkyl halides is 3. The molecule has 2 heterocycles. The first kappa shape index (κ1) is 13.3. The molecule has 0 fully saturated rings. The van der Waals surface area contributed by atoms with Gasteiger partial charge in [0.25, 0.3) is 0 Å². The first-order valence-corrected chi connectivity index (χ1v) is 5.96. The van der Waals surface area contributed by atoms with Crippen molar-refractivity contribution >= 4 is 10.9 Å². The molecule has 0 spiro atoms. The van der Waals surface area contributed by atoms with E-state index in [-0.39, 0.29) is 16.6 Å². The van der Waals surface area contributed by atoms with Crippen LogP contribution in [0, 0.1) is 0 Å². The lowest BCUT2D eigenvalue weighted by atomic mass is 10.1. The Labute approximate surface area is 116 Å². The van der Waals surface area contributed by atoms with Gasteiger partial charge in [-0.05, 0) is 12.1 Å². The Bertz CT molecular complexity index is 879. The summed E-state index contributed by atoms with van der Waals surface area (Å²) in [5.74, 6) is 0. The number of aromatic nitrogens is 4. The summed E-state index contributed by atoms with van der Waals surface area (Å²) in [6, 6.07) is 5.27. The number of aryl methyl sites for hydroxylation is 1. The van der Waals surface area contributed by atoms with Crippen molar-refractivity contribution < 1.29 is 13.2 Å². The maximum atomic E-state index is 13.0. The van der Waals surface area contributed by atoms with Crippen LogP contribution in [0.15, 0.2) is 35.3 Å². The molecule has 3 aromatic rings. The zero-order chi connectivity index (χ0) is 15.2. The first-order valence-electron chi connectivity index (χ1n) is 5.96. The van der Waals surface area contributed by atoms with Crippen LogP contribution in [0.4, 0.5) is 13.2 Å². The SMILES string of the molecule is Cn1nccc1-c1[nH]c(=O)nc2c(C(F)(F)F)cccc12. The molecule has 0 unspecified atom stereocenters. The Hall–Kier alpha value is -2.64. The summed E-state index contributed by atoms with van der Waals surface area (Å²) in [4.78, 5) is 17.6. The van der Waals surface area contributed by atoms with Crippen molar-refractivity contribution in [1.82, 2.24) is 19.7 Å². The van der Waals surface area contributed by atoms with Crippen molar-refractivity contribution in [2.75, 3.05) is 0 Å². The van der Waals surface area contributed by atoms with E-state index >= 15 is 0 Å². The Morgan fingerprint density at radius 1 is 1.24 bits per heavy atom. The monoisotopic (exact) mass is 294 g/mol. The number of hydrogen-bond donors (Lipinski definition) is 1. The normalized spacial score (nSPS) is 12.0. The molecule has 0 aliphatic carbocycles. The van der Waals surface area contributed by atoms with Crippen LogP contribution >= 0.6 is 0 Å². The Morgan fingerprint density at radius 2 is 2.00 bits per heavy atom. The third-order valence-corrected chi connectivity index (χ3v) is 3.13. The maximum absolute atomic E-state index is 13.0. The van der Waals surface area contributed by atoms with Gasteiger partial charge in [0.05, 0.1) is 22.5 Å². The van der Waals surface area contributed by atoms with Gasteiger partial charge in [-0.25, -0.2) is 4.79 Å². The summed E-state index contributed by atoms with van der Waals surface area (Å²) < 4.78 is 40.6. The molecular weight excluding hydrogens is 285 g/mol. The van der Waals surface area contributed by atoms with E-state index in [2.05, 4.69) is 15.1 Å². The van der Waals surface area contributed by atoms with Crippen LogP contribution in [0.25, 0.3) is 22.3 Å². The Morgan fingerprint density at radius 3 is 2.62 bits per heavy atom. The smallest absolute Gasteiger partial charge is 0.303 e. The Balaban J connectivity index is 2.44. The van der Waals surface area contributed by atoms with Crippen molar-refractivity contribution in [2.45, 2.75) is 6.18 Å². The number of fused-ring (bicyclic) bond motifs is 1. The second-order valence-electron chi connectivity index (χ2n) is 4.46. The molecule has 0 aliphatic heterocycles. The number of nitrogens with one attached hydrogen (secondary N) is 1. The molecule has 0 bridgehead atoms. The van der Waals surface area contributed by atoms with Crippen LogP contribution < -0.4 is 5.69 Å². The van der Waals surface area contributed by atoms with E-state index in [1.807, 2.05) is 0 Å². The van der Waals surface area contributed by atoms with E-state index in [1.165, 1.54) is 23.0 Å². The summed E-state index contributed by atoms with van der Waals surface area (Å²) in [7, 11) is 1.63. The molecule has 5 nitrogen and oxygen atoms in total. The lowest BCUT2D eigenvalue weighted by molar-refractivity contribution is -0.136. The minimum atomic E-state index is -4.58. The van der Waals surface area contributed by atoms with Crippen LogP contribution in [0.2, 0.25) is 0 Å². The van der Waals surface area contributed by atoms with Gasteiger partial charge in [-0.15, -0.1) is 0 Å². The fourth-order valence-corrected chi connectivity index (χ4v) is 2.22. The number of H-pyrrole nitrogens is 1. The predicted molar refractivity (Wildman–Crippen MR) is 69.6 cm³/mol. The molecule has 3 rings (SSSR count). The average molecular weight is 294 g/mol. The first-order chi connectivity index (χ1) is 9.88. The lowest BCUT2D eigenvalue weighted by Crippen LogP contribution is -2.16. The van der Waals surface area contributed by atoms with Crippen molar-refractivity contribution in [2.24, 2.45) is 7.05 Å². The highest BCUT2D eigenvalue weighted by atomic mass is 19.4. The number of hydrogen-bond acceptors (Lipinski definition) is 3. The number of para-hydroxylation sites is 1. The summed E-state index contributed by atoms with van der Waals surface area (Å²) >= 11 is 0. The standard InChI is InChI=1S/C13H9F3N4O/c1-20-9(5-6-17-20)11-7-3-2-4-8(13(14,15)16)10(7)18-12(21)19-11/h2-6H,1H3,(H,18,19,21). The van der Waals surface area contributed by atoms with Crippen molar-refractivity contribution in [3.8, 4) is 11.4 Å². The van der Waals surface area contributed by atoms with Gasteiger partial charge < -0.3 is 4.98 Å². The van der Waals surface area contributed by atoms with Crippen molar-refractivity contribution in [3.05, 3.63) is 46.5 Å². The minimum absolute atomic E-state index is 0.216. The van der Waals surface area contributed by atoms with Gasteiger partial charge in [0.1, 0.15) is 0 Å². The molecule has 108 valence electrons. The molecular formula is C13H9F3N4O. The molecule has 0 aliphatic rings. The van der Waals surface area contributed by atoms with E-state index in [4.69, 9.17) is 0 Å². The highest BCUT2D eigenvalue weighted by Gasteiger charge is 2.33. The summed E-state index contributed by atoms with van der Waals surface area (Å²) in [6.07, 6.45) is -3.09. The summed E-state index contributed by atoms with van der Waals surface area (Å²) in [5.41, 5.74) is -1.38. The third kappa shape index (κ3) is 2.18. The van der Waals surface area contributed by atoms with E-state index in [0.717, 1.165) is 6.07 Å². The fourth-order valence-electron chi connectivity index (χ4n) is 2.22. The predicted octanol–water partition coefficient (Wildman–Crippen LogP) is 2.34. The van der Waals surface area contributed by atoms with Crippen LogP contribution in [0.5, 0.6) is 0 Å². The zero-order valence-corrected chi connectivity index (χ0v) is 10.8. The molecule has 0 saturated carbocycles. The maximum Gasteiger partial charge on any atom is 0.418 e. The van der Waals surface area contributed by atoms with Gasteiger partial charge >= 0.3 is 11.9 Å². The van der Waals surface area contributed by atoms with E-state index in [1.54, 1.807) is 13.1 Å². The molecule has 21 heavy (non-hydrogen) atoms. The number of rotatable bonds is 1. The number of halogens is 3. The molecule has 1 aromatic carbocycles. The lowest BCUT2D eigenvalue weighted by Gasteiger charge is -2.11. The van der Waals surface area contributed by atoms with Gasteiger partial charge in [-0.1, -0.05) is 12.1 Å². The Kier molecular flexibility index (Phi) is 2.82. The van der Waals surface area contributed by atoms with Crippen molar-refractivity contribution in [1.29, 1.82) is 0 Å². The van der Waals surface area contributed by atoms with Gasteiger partial charge in [-0.2, -0.15) is 23.3 Å². The molecule has 0 radical (unpaired) electrons. The molecule has 8 heteroatoms. The number of nitrogens with zero attached hydrogens (tertiary/aromatic N) is 3. The van der Waals surface area contributed by atoms with Crippen LogP contribution in [0.1, 0.15) is 5.56 Å². The molecule has 2 aromatic heterocycles. The summed E-state index contributed by atoms with van der Waals surface area (Å²) in [5, 5.41) is 4.17. The van der Waals surface area contributed by atoms with Gasteiger partial charge in [0.2, 0.25) is 0 Å². The number of benzene rings is 1. The number of aromatic amines is 1. The van der Waals surface area contributed by atoms with Gasteiger partial charge in [0, 0.05) is 18.6 Å².